The van der Waals surface area contributed by atoms with Crippen molar-refractivity contribution < 1.29 is 4.79 Å². The van der Waals surface area contributed by atoms with Crippen molar-refractivity contribution in [3.63, 3.8) is 0 Å². The van der Waals surface area contributed by atoms with Crippen LogP contribution >= 0.6 is 0 Å². The van der Waals surface area contributed by atoms with Crippen molar-refractivity contribution in [2.75, 3.05) is 11.4 Å². The third-order valence-corrected chi connectivity index (χ3v) is 2.66. The van der Waals surface area contributed by atoms with E-state index in [-0.39, 0.29) is 11.8 Å². The van der Waals surface area contributed by atoms with Crippen molar-refractivity contribution >= 4 is 11.6 Å². The van der Waals surface area contributed by atoms with Gasteiger partial charge in [0.05, 0.1) is 11.9 Å². The predicted molar refractivity (Wildman–Crippen MR) is 59.6 cm³/mol. The maximum atomic E-state index is 11.7. The van der Waals surface area contributed by atoms with Crippen LogP contribution in [0.4, 0.5) is 5.69 Å². The molecule has 1 fully saturated rings. The number of carbonyl (C=O) groups is 1. The Morgan fingerprint density at radius 3 is 2.94 bits per heavy atom. The quantitative estimate of drug-likeness (QED) is 0.699. The zero-order valence-corrected chi connectivity index (χ0v) is 8.76. The first-order valence-corrected chi connectivity index (χ1v) is 5.03. The molecule has 0 radical (unpaired) electrons. The van der Waals surface area contributed by atoms with Crippen molar-refractivity contribution in [1.82, 2.24) is 4.98 Å². The second kappa shape index (κ2) is 4.15. The van der Waals surface area contributed by atoms with E-state index in [0.717, 1.165) is 5.69 Å². The van der Waals surface area contributed by atoms with Crippen molar-refractivity contribution in [2.45, 2.75) is 6.42 Å². The molecule has 0 N–H and O–H groups in total. The number of nitriles is 1. The van der Waals surface area contributed by atoms with Gasteiger partial charge < -0.3 is 4.90 Å². The maximum absolute atomic E-state index is 11.7. The van der Waals surface area contributed by atoms with Crippen LogP contribution in [0.5, 0.6) is 0 Å². The molecule has 0 spiro atoms. The Labute approximate surface area is 93.8 Å². The van der Waals surface area contributed by atoms with Crippen LogP contribution in [0.25, 0.3) is 0 Å². The van der Waals surface area contributed by atoms with Gasteiger partial charge in [0.25, 0.3) is 0 Å². The highest BCUT2D eigenvalue weighted by molar-refractivity contribution is 5.95. The van der Waals surface area contributed by atoms with Gasteiger partial charge in [-0.1, -0.05) is 6.08 Å². The number of hydrogen-bond donors (Lipinski definition) is 0. The summed E-state index contributed by atoms with van der Waals surface area (Å²) in [7, 11) is 0. The van der Waals surface area contributed by atoms with Crippen molar-refractivity contribution in [3.8, 4) is 6.07 Å². The zero-order valence-electron chi connectivity index (χ0n) is 8.76. The van der Waals surface area contributed by atoms with Crippen LogP contribution in [0.15, 0.2) is 31.0 Å². The topological polar surface area (TPSA) is 57.0 Å². The third kappa shape index (κ3) is 1.80. The van der Waals surface area contributed by atoms with Crippen LogP contribution in [0.2, 0.25) is 0 Å². The van der Waals surface area contributed by atoms with Gasteiger partial charge in [0.2, 0.25) is 5.91 Å². The Morgan fingerprint density at radius 1 is 1.62 bits per heavy atom. The molecular formula is C12H11N3O. The van der Waals surface area contributed by atoms with E-state index in [1.165, 1.54) is 0 Å². The van der Waals surface area contributed by atoms with E-state index in [1.54, 1.807) is 29.3 Å². The molecule has 4 heteroatoms. The first kappa shape index (κ1) is 10.4. The second-order valence-electron chi connectivity index (χ2n) is 3.72. The lowest BCUT2D eigenvalue weighted by atomic mass is 10.1. The largest absolute Gasteiger partial charge is 0.310 e. The van der Waals surface area contributed by atoms with Gasteiger partial charge in [0.15, 0.2) is 0 Å². The summed E-state index contributed by atoms with van der Waals surface area (Å²) < 4.78 is 0. The molecule has 1 aliphatic rings. The van der Waals surface area contributed by atoms with E-state index < -0.39 is 0 Å². The molecule has 0 aromatic carbocycles. The van der Waals surface area contributed by atoms with E-state index in [0.29, 0.717) is 18.7 Å². The minimum Gasteiger partial charge on any atom is -0.310 e. The van der Waals surface area contributed by atoms with Gasteiger partial charge >= 0.3 is 0 Å². The minimum atomic E-state index is 0.0800. The molecule has 1 unspecified atom stereocenters. The van der Waals surface area contributed by atoms with E-state index in [2.05, 4.69) is 11.6 Å². The minimum absolute atomic E-state index is 0.0800. The maximum Gasteiger partial charge on any atom is 0.227 e. The molecule has 0 bridgehead atoms. The molecule has 80 valence electrons. The summed E-state index contributed by atoms with van der Waals surface area (Å²) >= 11 is 0. The van der Waals surface area contributed by atoms with Gasteiger partial charge in [-0.05, 0) is 12.1 Å². The number of amides is 1. The van der Waals surface area contributed by atoms with Gasteiger partial charge in [0, 0.05) is 18.9 Å². The Kier molecular flexibility index (Phi) is 2.69. The normalized spacial score (nSPS) is 19.6. The number of pyridine rings is 1. The van der Waals surface area contributed by atoms with Gasteiger partial charge in [-0.15, -0.1) is 6.58 Å². The monoisotopic (exact) mass is 213 g/mol. The molecule has 4 nitrogen and oxygen atoms in total. The van der Waals surface area contributed by atoms with E-state index >= 15 is 0 Å². The van der Waals surface area contributed by atoms with Crippen LogP contribution < -0.4 is 4.90 Å². The second-order valence-corrected chi connectivity index (χ2v) is 3.72. The number of anilines is 1. The summed E-state index contributed by atoms with van der Waals surface area (Å²) in [4.78, 5) is 17.3. The fourth-order valence-corrected chi connectivity index (χ4v) is 1.75. The molecule has 0 aliphatic carbocycles. The third-order valence-electron chi connectivity index (χ3n) is 2.66. The predicted octanol–water partition coefficient (Wildman–Crippen LogP) is 1.49. The van der Waals surface area contributed by atoms with Crippen LogP contribution in [0, 0.1) is 17.2 Å². The summed E-state index contributed by atoms with van der Waals surface area (Å²) in [5, 5.41) is 8.62. The number of aromatic nitrogens is 1. The molecule has 2 rings (SSSR count). The molecule has 1 saturated heterocycles. The summed E-state index contributed by atoms with van der Waals surface area (Å²) in [5.74, 6) is 0.291. The summed E-state index contributed by atoms with van der Waals surface area (Å²) in [5.41, 5.74) is 1.10. The molecule has 0 saturated carbocycles. The summed E-state index contributed by atoms with van der Waals surface area (Å²) in [6, 6.07) is 5.31. The highest BCUT2D eigenvalue weighted by Crippen LogP contribution is 2.24. The van der Waals surface area contributed by atoms with Crippen LogP contribution in [0.1, 0.15) is 12.1 Å². The lowest BCUT2D eigenvalue weighted by Gasteiger charge is -2.15. The number of rotatable bonds is 2. The molecule has 1 amide bonds. The number of hydrogen-bond acceptors (Lipinski definition) is 3. The van der Waals surface area contributed by atoms with Gasteiger partial charge in [-0.25, -0.2) is 4.98 Å². The smallest absolute Gasteiger partial charge is 0.227 e. The lowest BCUT2D eigenvalue weighted by Crippen LogP contribution is -2.24. The number of carbonyl (C=O) groups excluding carboxylic acids is 1. The fraction of sp³-hybridized carbons (Fsp3) is 0.250. The van der Waals surface area contributed by atoms with Crippen LogP contribution in [0.3, 0.4) is 0 Å². The van der Waals surface area contributed by atoms with Gasteiger partial charge in [-0.3, -0.25) is 4.79 Å². The van der Waals surface area contributed by atoms with Crippen molar-refractivity contribution in [3.05, 3.63) is 36.7 Å². The van der Waals surface area contributed by atoms with E-state index in [9.17, 15) is 4.79 Å². The average Bonchev–Trinajstić information content (AvgIpc) is 2.71. The molecule has 2 heterocycles. The lowest BCUT2D eigenvalue weighted by molar-refractivity contribution is -0.117. The molecule has 1 aromatic heterocycles. The Bertz CT molecular complexity index is 458. The SMILES string of the molecule is C=CC1CC(=O)N(c2ccc(C#N)nc2)C1. The summed E-state index contributed by atoms with van der Waals surface area (Å²) in [6.45, 7) is 4.34. The van der Waals surface area contributed by atoms with Crippen LogP contribution in [-0.2, 0) is 4.79 Å². The summed E-state index contributed by atoms with van der Waals surface area (Å²) in [6.07, 6.45) is 3.86. The van der Waals surface area contributed by atoms with Crippen molar-refractivity contribution in [1.29, 1.82) is 5.26 Å². The van der Waals surface area contributed by atoms with E-state index in [1.807, 2.05) is 6.07 Å². The van der Waals surface area contributed by atoms with E-state index in [4.69, 9.17) is 5.26 Å². The van der Waals surface area contributed by atoms with Gasteiger partial charge in [0.1, 0.15) is 11.8 Å². The number of nitrogens with zero attached hydrogens (tertiary/aromatic N) is 3. The first-order chi connectivity index (χ1) is 7.74. The molecular weight excluding hydrogens is 202 g/mol. The van der Waals surface area contributed by atoms with Crippen molar-refractivity contribution in [2.24, 2.45) is 5.92 Å². The average molecular weight is 213 g/mol. The highest BCUT2D eigenvalue weighted by Gasteiger charge is 2.28. The standard InChI is InChI=1S/C12H11N3O/c1-2-9-5-12(16)15(8-9)11-4-3-10(6-13)14-7-11/h2-4,7,9H,1,5,8H2. The Morgan fingerprint density at radius 2 is 2.44 bits per heavy atom. The Hall–Kier alpha value is -2.15. The molecule has 1 atom stereocenters. The van der Waals surface area contributed by atoms with Crippen LogP contribution in [-0.4, -0.2) is 17.4 Å². The molecule has 16 heavy (non-hydrogen) atoms. The highest BCUT2D eigenvalue weighted by atomic mass is 16.2. The Balaban J connectivity index is 2.22. The molecule has 1 aliphatic heterocycles. The molecule has 1 aromatic rings. The zero-order chi connectivity index (χ0) is 11.5. The fourth-order valence-electron chi connectivity index (χ4n) is 1.75. The van der Waals surface area contributed by atoms with Gasteiger partial charge in [-0.2, -0.15) is 5.26 Å². The first-order valence-electron chi connectivity index (χ1n) is 5.03.